The van der Waals surface area contributed by atoms with Crippen LogP contribution in [-0.4, -0.2) is 11.9 Å². The van der Waals surface area contributed by atoms with Crippen LogP contribution < -0.4 is 5.73 Å². The van der Waals surface area contributed by atoms with E-state index in [1.165, 1.54) is 11.1 Å². The fourth-order valence-corrected chi connectivity index (χ4v) is 1.89. The van der Waals surface area contributed by atoms with E-state index in [-0.39, 0.29) is 0 Å². The number of nitrogens with two attached hydrogens (primary N) is 1. The molecule has 0 unspecified atom stereocenters. The molecule has 2 rings (SSSR count). The smallest absolute Gasteiger partial charge is 0.118 e. The molecule has 4 heteroatoms. The van der Waals surface area contributed by atoms with E-state index in [2.05, 4.69) is 11.9 Å². The normalized spacial score (nSPS) is 11.3. The van der Waals surface area contributed by atoms with Gasteiger partial charge in [-0.1, -0.05) is 0 Å². The highest BCUT2D eigenvalue weighted by atomic mass is 16.3. The highest BCUT2D eigenvalue weighted by Crippen LogP contribution is 2.17. The Labute approximate surface area is 101 Å². The average molecular weight is 234 g/mol. The summed E-state index contributed by atoms with van der Waals surface area (Å²) >= 11 is 0. The molecule has 0 amide bonds. The van der Waals surface area contributed by atoms with E-state index in [9.17, 15) is 0 Å². The molecule has 0 aliphatic rings. The van der Waals surface area contributed by atoms with Crippen LogP contribution in [0.3, 0.4) is 0 Å². The summed E-state index contributed by atoms with van der Waals surface area (Å²) in [4.78, 5) is 2.21. The summed E-state index contributed by atoms with van der Waals surface area (Å²) in [6.45, 7) is 4.13. The summed E-state index contributed by atoms with van der Waals surface area (Å²) in [6.07, 6.45) is 3.46. The lowest BCUT2D eigenvalue weighted by atomic mass is 10.2. The molecule has 2 N–H and O–H groups in total. The zero-order valence-electron chi connectivity index (χ0n) is 10.3. The van der Waals surface area contributed by atoms with Gasteiger partial charge in [0.25, 0.3) is 0 Å². The Kier molecular flexibility index (Phi) is 3.66. The van der Waals surface area contributed by atoms with E-state index in [1.54, 1.807) is 12.5 Å². The summed E-state index contributed by atoms with van der Waals surface area (Å²) in [5, 5.41) is 0. The van der Waals surface area contributed by atoms with Gasteiger partial charge < -0.3 is 14.6 Å². The maximum atomic E-state index is 5.55. The second-order valence-electron chi connectivity index (χ2n) is 4.30. The molecule has 0 aliphatic carbocycles. The Morgan fingerprint density at radius 2 is 2.18 bits per heavy atom. The Morgan fingerprint density at radius 1 is 1.35 bits per heavy atom. The summed E-state index contributed by atoms with van der Waals surface area (Å²) in [5.41, 5.74) is 7.92. The number of hydrogen-bond acceptors (Lipinski definition) is 4. The number of aryl methyl sites for hydroxylation is 1. The molecule has 0 saturated heterocycles. The molecule has 0 saturated carbocycles. The predicted molar refractivity (Wildman–Crippen MR) is 65.2 cm³/mol. The molecular formula is C13H18N2O2. The molecule has 2 heterocycles. The first-order chi connectivity index (χ1) is 8.19. The maximum absolute atomic E-state index is 5.55. The van der Waals surface area contributed by atoms with Crippen LogP contribution in [0.2, 0.25) is 0 Å². The molecular weight excluding hydrogens is 216 g/mol. The Balaban J connectivity index is 1.97. The quantitative estimate of drug-likeness (QED) is 0.862. The third-order valence-corrected chi connectivity index (χ3v) is 2.75. The van der Waals surface area contributed by atoms with E-state index in [1.807, 2.05) is 19.1 Å². The van der Waals surface area contributed by atoms with Crippen LogP contribution in [0.4, 0.5) is 0 Å². The van der Waals surface area contributed by atoms with E-state index in [0.29, 0.717) is 6.54 Å². The molecule has 0 atom stereocenters. The van der Waals surface area contributed by atoms with E-state index in [0.717, 1.165) is 24.6 Å². The van der Waals surface area contributed by atoms with Crippen molar-refractivity contribution in [3.05, 3.63) is 47.3 Å². The van der Waals surface area contributed by atoms with Gasteiger partial charge in [-0.3, -0.25) is 4.90 Å². The molecule has 0 radical (unpaired) electrons. The molecule has 0 aliphatic heterocycles. The summed E-state index contributed by atoms with van der Waals surface area (Å²) in [6, 6.07) is 4.01. The molecule has 2 aromatic heterocycles. The van der Waals surface area contributed by atoms with Crippen molar-refractivity contribution in [1.29, 1.82) is 0 Å². The summed E-state index contributed by atoms with van der Waals surface area (Å²) < 4.78 is 10.6. The van der Waals surface area contributed by atoms with Crippen molar-refractivity contribution in [2.24, 2.45) is 5.73 Å². The highest BCUT2D eigenvalue weighted by molar-refractivity contribution is 5.20. The van der Waals surface area contributed by atoms with Crippen molar-refractivity contribution in [1.82, 2.24) is 4.90 Å². The van der Waals surface area contributed by atoms with Crippen molar-refractivity contribution < 1.29 is 8.83 Å². The number of hydrogen-bond donors (Lipinski definition) is 1. The van der Waals surface area contributed by atoms with Crippen LogP contribution in [-0.2, 0) is 19.6 Å². The van der Waals surface area contributed by atoms with Crippen LogP contribution in [0.1, 0.15) is 22.6 Å². The molecule has 0 fully saturated rings. The first-order valence-corrected chi connectivity index (χ1v) is 5.67. The Morgan fingerprint density at radius 3 is 2.76 bits per heavy atom. The minimum absolute atomic E-state index is 0.451. The topological polar surface area (TPSA) is 55.5 Å². The number of furan rings is 2. The van der Waals surface area contributed by atoms with Gasteiger partial charge in [0.05, 0.1) is 19.1 Å². The van der Waals surface area contributed by atoms with Gasteiger partial charge >= 0.3 is 0 Å². The monoisotopic (exact) mass is 234 g/mol. The zero-order valence-corrected chi connectivity index (χ0v) is 10.3. The van der Waals surface area contributed by atoms with Crippen LogP contribution >= 0.6 is 0 Å². The van der Waals surface area contributed by atoms with Gasteiger partial charge in [0.1, 0.15) is 11.5 Å². The minimum atomic E-state index is 0.451. The van der Waals surface area contributed by atoms with Crippen LogP contribution in [0.15, 0.2) is 33.5 Å². The van der Waals surface area contributed by atoms with Crippen LogP contribution in [0.25, 0.3) is 0 Å². The SMILES string of the molecule is Cc1oc(CN)cc1CN(C)Cc1ccoc1. The van der Waals surface area contributed by atoms with Crippen molar-refractivity contribution in [2.45, 2.75) is 26.6 Å². The fourth-order valence-electron chi connectivity index (χ4n) is 1.89. The van der Waals surface area contributed by atoms with Crippen LogP contribution in [0.5, 0.6) is 0 Å². The van der Waals surface area contributed by atoms with Gasteiger partial charge in [-0.05, 0) is 26.1 Å². The third kappa shape index (κ3) is 2.99. The molecule has 0 bridgehead atoms. The van der Waals surface area contributed by atoms with Crippen molar-refractivity contribution in [2.75, 3.05) is 7.05 Å². The van der Waals surface area contributed by atoms with Crippen molar-refractivity contribution in [3.8, 4) is 0 Å². The van der Waals surface area contributed by atoms with Gasteiger partial charge in [-0.2, -0.15) is 0 Å². The fraction of sp³-hybridized carbons (Fsp3) is 0.385. The second kappa shape index (κ2) is 5.21. The highest BCUT2D eigenvalue weighted by Gasteiger charge is 2.09. The average Bonchev–Trinajstić information content (AvgIpc) is 2.89. The molecule has 0 aromatic carbocycles. The van der Waals surface area contributed by atoms with Gasteiger partial charge in [0.2, 0.25) is 0 Å². The lowest BCUT2D eigenvalue weighted by Crippen LogP contribution is -2.16. The van der Waals surface area contributed by atoms with Gasteiger partial charge in [0.15, 0.2) is 0 Å². The summed E-state index contributed by atoms with van der Waals surface area (Å²) in [7, 11) is 2.07. The van der Waals surface area contributed by atoms with E-state index in [4.69, 9.17) is 14.6 Å². The molecule has 4 nitrogen and oxygen atoms in total. The first kappa shape index (κ1) is 12.0. The lowest BCUT2D eigenvalue weighted by Gasteiger charge is -2.14. The molecule has 17 heavy (non-hydrogen) atoms. The first-order valence-electron chi connectivity index (χ1n) is 5.67. The standard InChI is InChI=1S/C13H18N2O2/c1-10-12(5-13(6-14)17-10)8-15(2)7-11-3-4-16-9-11/h3-5,9H,6-8,14H2,1-2H3. The Hall–Kier alpha value is -1.52. The molecule has 92 valence electrons. The summed E-state index contributed by atoms with van der Waals surface area (Å²) in [5.74, 6) is 1.79. The molecule has 0 spiro atoms. The van der Waals surface area contributed by atoms with E-state index >= 15 is 0 Å². The number of rotatable bonds is 5. The van der Waals surface area contributed by atoms with Gasteiger partial charge in [0, 0.05) is 24.2 Å². The van der Waals surface area contributed by atoms with Crippen molar-refractivity contribution in [3.63, 3.8) is 0 Å². The Bertz CT molecular complexity index is 460. The van der Waals surface area contributed by atoms with Gasteiger partial charge in [-0.15, -0.1) is 0 Å². The molecule has 2 aromatic rings. The predicted octanol–water partition coefficient (Wildman–Crippen LogP) is 2.27. The second-order valence-corrected chi connectivity index (χ2v) is 4.30. The number of nitrogens with zero attached hydrogens (tertiary/aromatic N) is 1. The van der Waals surface area contributed by atoms with Gasteiger partial charge in [-0.25, -0.2) is 0 Å². The minimum Gasteiger partial charge on any atom is -0.472 e. The van der Waals surface area contributed by atoms with Crippen LogP contribution in [0, 0.1) is 6.92 Å². The third-order valence-electron chi connectivity index (χ3n) is 2.75. The van der Waals surface area contributed by atoms with Crippen molar-refractivity contribution >= 4 is 0 Å². The lowest BCUT2D eigenvalue weighted by molar-refractivity contribution is 0.315. The largest absolute Gasteiger partial charge is 0.472 e. The maximum Gasteiger partial charge on any atom is 0.118 e. The van der Waals surface area contributed by atoms with E-state index < -0.39 is 0 Å². The zero-order chi connectivity index (χ0) is 12.3.